The van der Waals surface area contributed by atoms with Crippen molar-refractivity contribution >= 4 is 22.0 Å². The van der Waals surface area contributed by atoms with Gasteiger partial charge >= 0.3 is 5.97 Å². The van der Waals surface area contributed by atoms with Crippen LogP contribution in [0.25, 0.3) is 0 Å². The lowest BCUT2D eigenvalue weighted by molar-refractivity contribution is -0.131. The maximum absolute atomic E-state index is 11.2. The van der Waals surface area contributed by atoms with Crippen LogP contribution in [0.4, 0.5) is 0 Å². The molecule has 0 saturated heterocycles. The molecule has 1 atom stereocenters. The van der Waals surface area contributed by atoms with Gasteiger partial charge in [-0.2, -0.15) is 8.42 Å². The molecule has 0 bridgehead atoms. The lowest BCUT2D eigenvalue weighted by Gasteiger charge is -2.30. The van der Waals surface area contributed by atoms with Gasteiger partial charge in [0.25, 0.3) is 10.1 Å². The molecule has 1 amide bonds. The van der Waals surface area contributed by atoms with Crippen molar-refractivity contribution in [3.05, 3.63) is 24.8 Å². The summed E-state index contributed by atoms with van der Waals surface area (Å²) in [5, 5.41) is 9.16. The molecule has 7 nitrogen and oxygen atoms in total. The number of rotatable bonds is 6. The van der Waals surface area contributed by atoms with Gasteiger partial charge in [0.05, 0.1) is 5.54 Å². The number of carbonyl (C=O) groups is 2. The SMILES string of the molecule is C=CC(=O)NC(C)(C)C(C=CC(=O)O)S(=O)(=O)O. The molecule has 0 aliphatic heterocycles. The van der Waals surface area contributed by atoms with Gasteiger partial charge in [0.1, 0.15) is 5.25 Å². The quantitative estimate of drug-likeness (QED) is 0.463. The Bertz CT molecular complexity index is 477. The summed E-state index contributed by atoms with van der Waals surface area (Å²) in [5.74, 6) is -2.01. The van der Waals surface area contributed by atoms with Crippen molar-refractivity contribution < 1.29 is 27.7 Å². The number of carbonyl (C=O) groups excluding carboxylic acids is 1. The summed E-state index contributed by atoms with van der Waals surface area (Å²) in [6.45, 7) is 5.87. The molecular formula is C10H15NO6S. The van der Waals surface area contributed by atoms with Gasteiger partial charge in [0.2, 0.25) is 5.91 Å². The van der Waals surface area contributed by atoms with Crippen LogP contribution in [0.5, 0.6) is 0 Å². The summed E-state index contributed by atoms with van der Waals surface area (Å²) < 4.78 is 31.5. The first-order chi connectivity index (χ1) is 8.00. The molecule has 0 saturated carbocycles. The van der Waals surface area contributed by atoms with Crippen molar-refractivity contribution in [2.24, 2.45) is 0 Å². The number of nitrogens with one attached hydrogen (secondary N) is 1. The summed E-state index contributed by atoms with van der Waals surface area (Å²) in [7, 11) is -4.57. The van der Waals surface area contributed by atoms with E-state index in [2.05, 4.69) is 11.9 Å². The van der Waals surface area contributed by atoms with E-state index in [9.17, 15) is 18.0 Å². The fourth-order valence-corrected chi connectivity index (χ4v) is 2.40. The molecule has 0 aromatic carbocycles. The molecule has 0 heterocycles. The van der Waals surface area contributed by atoms with Crippen LogP contribution in [0.1, 0.15) is 13.8 Å². The van der Waals surface area contributed by atoms with Gasteiger partial charge < -0.3 is 10.4 Å². The predicted octanol–water partition coefficient (Wildman–Crippen LogP) is -0.0356. The molecule has 0 fully saturated rings. The standard InChI is InChI=1S/C10H15NO6S/c1-4-8(12)11-10(2,3)7(18(15,16)17)5-6-9(13)14/h4-7H,1H2,2-3H3,(H,11,12)(H,13,14)(H,15,16,17). The topological polar surface area (TPSA) is 121 Å². The van der Waals surface area contributed by atoms with Crippen molar-refractivity contribution in [3.8, 4) is 0 Å². The van der Waals surface area contributed by atoms with Crippen LogP contribution in [-0.4, -0.2) is 40.7 Å². The lowest BCUT2D eigenvalue weighted by atomic mass is 9.99. The molecule has 102 valence electrons. The minimum Gasteiger partial charge on any atom is -0.478 e. The minimum atomic E-state index is -4.57. The van der Waals surface area contributed by atoms with Gasteiger partial charge in [-0.25, -0.2) is 4.79 Å². The number of carboxylic acid groups (broad SMARTS) is 1. The average molecular weight is 277 g/mol. The van der Waals surface area contributed by atoms with Crippen molar-refractivity contribution in [2.75, 3.05) is 0 Å². The smallest absolute Gasteiger partial charge is 0.328 e. The monoisotopic (exact) mass is 277 g/mol. The van der Waals surface area contributed by atoms with E-state index in [-0.39, 0.29) is 0 Å². The fraction of sp³-hybridized carbons (Fsp3) is 0.400. The van der Waals surface area contributed by atoms with E-state index in [1.54, 1.807) is 0 Å². The fourth-order valence-electron chi connectivity index (χ4n) is 1.32. The first-order valence-electron chi connectivity index (χ1n) is 4.82. The maximum atomic E-state index is 11.2. The molecule has 18 heavy (non-hydrogen) atoms. The van der Waals surface area contributed by atoms with E-state index in [0.717, 1.165) is 12.2 Å². The molecule has 0 rings (SSSR count). The average Bonchev–Trinajstić information content (AvgIpc) is 2.13. The summed E-state index contributed by atoms with van der Waals surface area (Å²) in [4.78, 5) is 21.5. The van der Waals surface area contributed by atoms with Crippen molar-refractivity contribution in [1.29, 1.82) is 0 Å². The second kappa shape index (κ2) is 5.78. The third-order valence-corrected chi connectivity index (χ3v) is 3.46. The Morgan fingerprint density at radius 3 is 2.22 bits per heavy atom. The van der Waals surface area contributed by atoms with Crippen LogP contribution in [0.2, 0.25) is 0 Å². The number of amides is 1. The van der Waals surface area contributed by atoms with Gasteiger partial charge in [-0.15, -0.1) is 0 Å². The Morgan fingerprint density at radius 2 is 1.89 bits per heavy atom. The van der Waals surface area contributed by atoms with Gasteiger partial charge in [-0.05, 0) is 19.9 Å². The van der Waals surface area contributed by atoms with Crippen molar-refractivity contribution in [1.82, 2.24) is 5.32 Å². The highest BCUT2D eigenvalue weighted by atomic mass is 32.2. The third-order valence-electron chi connectivity index (χ3n) is 2.08. The van der Waals surface area contributed by atoms with E-state index in [1.807, 2.05) is 0 Å². The number of carboxylic acids is 1. The third kappa shape index (κ3) is 5.11. The Hall–Kier alpha value is -1.67. The maximum Gasteiger partial charge on any atom is 0.328 e. The van der Waals surface area contributed by atoms with Crippen LogP contribution in [0.3, 0.4) is 0 Å². The van der Waals surface area contributed by atoms with Gasteiger partial charge in [0, 0.05) is 6.08 Å². The summed E-state index contributed by atoms with van der Waals surface area (Å²) in [6, 6.07) is 0. The Labute approximate surface area is 105 Å². The molecule has 0 radical (unpaired) electrons. The van der Waals surface area contributed by atoms with E-state index in [4.69, 9.17) is 9.66 Å². The minimum absolute atomic E-state index is 0.584. The number of hydrogen-bond acceptors (Lipinski definition) is 4. The van der Waals surface area contributed by atoms with E-state index in [1.165, 1.54) is 13.8 Å². The van der Waals surface area contributed by atoms with E-state index < -0.39 is 32.8 Å². The summed E-state index contributed by atoms with van der Waals surface area (Å²) in [6.07, 6.45) is 2.31. The van der Waals surface area contributed by atoms with Crippen molar-refractivity contribution in [3.63, 3.8) is 0 Å². The van der Waals surface area contributed by atoms with Crippen LogP contribution in [0, 0.1) is 0 Å². The first kappa shape index (κ1) is 16.3. The second-order valence-corrected chi connectivity index (χ2v) is 5.59. The Balaban J connectivity index is 5.38. The van der Waals surface area contributed by atoms with Gasteiger partial charge in [0.15, 0.2) is 0 Å². The zero-order chi connectivity index (χ0) is 14.6. The van der Waals surface area contributed by atoms with Crippen LogP contribution in [0.15, 0.2) is 24.8 Å². The molecule has 3 N–H and O–H groups in total. The first-order valence-corrected chi connectivity index (χ1v) is 6.33. The predicted molar refractivity (Wildman–Crippen MR) is 64.5 cm³/mol. The molecular weight excluding hydrogens is 262 g/mol. The molecule has 0 spiro atoms. The molecule has 0 aliphatic carbocycles. The van der Waals surface area contributed by atoms with E-state index in [0.29, 0.717) is 6.08 Å². The highest BCUT2D eigenvalue weighted by Gasteiger charge is 2.37. The number of aliphatic carboxylic acids is 1. The highest BCUT2D eigenvalue weighted by Crippen LogP contribution is 2.18. The molecule has 0 aromatic heterocycles. The Morgan fingerprint density at radius 1 is 1.39 bits per heavy atom. The van der Waals surface area contributed by atoms with Crippen LogP contribution in [-0.2, 0) is 19.7 Å². The van der Waals surface area contributed by atoms with Crippen LogP contribution < -0.4 is 5.32 Å². The normalized spacial score (nSPS) is 14.2. The molecule has 0 aliphatic rings. The highest BCUT2D eigenvalue weighted by molar-refractivity contribution is 7.86. The van der Waals surface area contributed by atoms with Crippen molar-refractivity contribution in [2.45, 2.75) is 24.6 Å². The summed E-state index contributed by atoms with van der Waals surface area (Å²) >= 11 is 0. The zero-order valence-electron chi connectivity index (χ0n) is 9.95. The van der Waals surface area contributed by atoms with Gasteiger partial charge in [-0.3, -0.25) is 9.35 Å². The second-order valence-electron chi connectivity index (χ2n) is 4.05. The lowest BCUT2D eigenvalue weighted by Crippen LogP contribution is -2.53. The van der Waals surface area contributed by atoms with E-state index >= 15 is 0 Å². The number of hydrogen-bond donors (Lipinski definition) is 3. The molecule has 1 unspecified atom stereocenters. The van der Waals surface area contributed by atoms with Gasteiger partial charge in [-0.1, -0.05) is 12.7 Å². The summed E-state index contributed by atoms with van der Waals surface area (Å²) in [5.41, 5.74) is -1.40. The zero-order valence-corrected chi connectivity index (χ0v) is 10.8. The Kier molecular flexibility index (Phi) is 5.25. The van der Waals surface area contributed by atoms with Crippen LogP contribution >= 0.6 is 0 Å². The molecule has 8 heteroatoms. The largest absolute Gasteiger partial charge is 0.478 e. The molecule has 0 aromatic rings.